The van der Waals surface area contributed by atoms with Gasteiger partial charge in [0.25, 0.3) is 0 Å². The molecule has 2 aromatic carbocycles. The topological polar surface area (TPSA) is 69.4 Å². The minimum absolute atomic E-state index is 0.0526. The zero-order chi connectivity index (χ0) is 18.4. The number of hydrogen-bond donors (Lipinski definition) is 1. The predicted molar refractivity (Wildman–Crippen MR) is 94.5 cm³/mol. The summed E-state index contributed by atoms with van der Waals surface area (Å²) in [6, 6.07) is 11.2. The number of sulfonamides is 1. The molecule has 1 aliphatic rings. The van der Waals surface area contributed by atoms with Crippen LogP contribution in [0.5, 0.6) is 5.75 Å². The molecular formula is C19H22FNO3S. The third-order valence-electron chi connectivity index (χ3n) is 5.17. The van der Waals surface area contributed by atoms with Crippen LogP contribution in [0.1, 0.15) is 30.9 Å². The van der Waals surface area contributed by atoms with E-state index in [0.717, 1.165) is 11.1 Å². The highest BCUT2D eigenvalue weighted by Gasteiger charge is 2.58. The molecule has 3 rings (SSSR count). The Morgan fingerprint density at radius 2 is 1.80 bits per heavy atom. The molecule has 4 nitrogen and oxygen atoms in total. The van der Waals surface area contributed by atoms with Gasteiger partial charge >= 0.3 is 0 Å². The second-order valence-corrected chi connectivity index (χ2v) is 8.80. The van der Waals surface area contributed by atoms with Crippen LogP contribution in [0.15, 0.2) is 47.4 Å². The molecule has 1 aliphatic carbocycles. The molecule has 1 saturated carbocycles. The van der Waals surface area contributed by atoms with Gasteiger partial charge in [-0.15, -0.1) is 0 Å². The maximum Gasteiger partial charge on any atom is 0.238 e. The summed E-state index contributed by atoms with van der Waals surface area (Å²) in [7, 11) is -3.68. The van der Waals surface area contributed by atoms with E-state index < -0.39 is 10.0 Å². The molecule has 0 radical (unpaired) electrons. The van der Waals surface area contributed by atoms with Crippen LogP contribution in [-0.4, -0.2) is 15.0 Å². The zero-order valence-corrected chi connectivity index (χ0v) is 15.3. The number of benzene rings is 2. The van der Waals surface area contributed by atoms with Crippen molar-refractivity contribution in [2.24, 2.45) is 16.5 Å². The van der Waals surface area contributed by atoms with Crippen LogP contribution in [0.2, 0.25) is 0 Å². The molecule has 2 aromatic rings. The van der Waals surface area contributed by atoms with Gasteiger partial charge in [-0.2, -0.15) is 0 Å². The van der Waals surface area contributed by atoms with Crippen LogP contribution in [0, 0.1) is 24.1 Å². The summed E-state index contributed by atoms with van der Waals surface area (Å²) in [5.41, 5.74) is 1.89. The second-order valence-electron chi connectivity index (χ2n) is 7.24. The Balaban J connectivity index is 1.71. The van der Waals surface area contributed by atoms with Gasteiger partial charge in [0.1, 0.15) is 11.6 Å². The maximum absolute atomic E-state index is 13.2. The average Bonchev–Trinajstić information content (AvgIpc) is 3.06. The summed E-state index contributed by atoms with van der Waals surface area (Å²) in [6.45, 7) is 6.68. The first kappa shape index (κ1) is 17.9. The van der Waals surface area contributed by atoms with Gasteiger partial charge < -0.3 is 4.74 Å². The molecule has 134 valence electrons. The molecule has 1 fully saturated rings. The van der Waals surface area contributed by atoms with Gasteiger partial charge in [-0.05, 0) is 59.7 Å². The largest absolute Gasteiger partial charge is 0.493 e. The van der Waals surface area contributed by atoms with Crippen molar-refractivity contribution in [3.8, 4) is 5.75 Å². The van der Waals surface area contributed by atoms with Crippen LogP contribution >= 0.6 is 0 Å². The van der Waals surface area contributed by atoms with Crippen molar-refractivity contribution >= 4 is 10.0 Å². The van der Waals surface area contributed by atoms with E-state index in [0.29, 0.717) is 18.3 Å². The van der Waals surface area contributed by atoms with Crippen LogP contribution in [0.4, 0.5) is 4.39 Å². The summed E-state index contributed by atoms with van der Waals surface area (Å²) >= 11 is 0. The van der Waals surface area contributed by atoms with Gasteiger partial charge in [0.15, 0.2) is 0 Å². The number of primary sulfonamides is 1. The van der Waals surface area contributed by atoms with Crippen molar-refractivity contribution in [3.05, 3.63) is 59.4 Å². The lowest BCUT2D eigenvalue weighted by molar-refractivity contribution is 0.277. The molecule has 0 aliphatic heterocycles. The quantitative estimate of drug-likeness (QED) is 0.882. The van der Waals surface area contributed by atoms with E-state index in [2.05, 4.69) is 13.8 Å². The zero-order valence-electron chi connectivity index (χ0n) is 14.5. The molecule has 0 amide bonds. The van der Waals surface area contributed by atoms with Crippen LogP contribution < -0.4 is 9.88 Å². The highest BCUT2D eigenvalue weighted by Crippen LogP contribution is 2.64. The highest BCUT2D eigenvalue weighted by molar-refractivity contribution is 7.89. The van der Waals surface area contributed by atoms with Crippen LogP contribution in [0.3, 0.4) is 0 Å². The first-order valence-electron chi connectivity index (χ1n) is 8.12. The van der Waals surface area contributed by atoms with E-state index in [1.165, 1.54) is 12.1 Å². The lowest BCUT2D eigenvalue weighted by Crippen LogP contribution is -2.11. The van der Waals surface area contributed by atoms with E-state index in [4.69, 9.17) is 9.88 Å². The highest BCUT2D eigenvalue weighted by atomic mass is 32.2. The van der Waals surface area contributed by atoms with Crippen molar-refractivity contribution in [1.29, 1.82) is 0 Å². The molecule has 0 saturated heterocycles. The summed E-state index contributed by atoms with van der Waals surface area (Å²) in [5, 5.41) is 5.14. The summed E-state index contributed by atoms with van der Waals surface area (Å²) in [6.07, 6.45) is 0. The average molecular weight is 363 g/mol. The number of aryl methyl sites for hydroxylation is 1. The first-order chi connectivity index (χ1) is 11.6. The van der Waals surface area contributed by atoms with Crippen molar-refractivity contribution in [2.45, 2.75) is 31.6 Å². The van der Waals surface area contributed by atoms with Crippen LogP contribution in [0.25, 0.3) is 0 Å². The van der Waals surface area contributed by atoms with E-state index in [9.17, 15) is 12.8 Å². The fourth-order valence-electron chi connectivity index (χ4n) is 3.54. The number of hydrogen-bond acceptors (Lipinski definition) is 3. The van der Waals surface area contributed by atoms with E-state index >= 15 is 0 Å². The molecule has 2 N–H and O–H groups in total. The normalized spacial score (nSPS) is 21.8. The molecule has 0 bridgehead atoms. The fourth-order valence-corrected chi connectivity index (χ4v) is 4.05. The predicted octanol–water partition coefficient (Wildman–Crippen LogP) is 3.60. The molecule has 0 spiro atoms. The van der Waals surface area contributed by atoms with Gasteiger partial charge in [0.2, 0.25) is 10.0 Å². The van der Waals surface area contributed by atoms with Crippen molar-refractivity contribution < 1.29 is 17.5 Å². The Morgan fingerprint density at radius 1 is 1.16 bits per heavy atom. The fraction of sp³-hybridized carbons (Fsp3) is 0.368. The summed E-state index contributed by atoms with van der Waals surface area (Å²) < 4.78 is 41.8. The first-order valence-corrected chi connectivity index (χ1v) is 9.67. The molecule has 0 aromatic heterocycles. The molecule has 0 unspecified atom stereocenters. The Kier molecular flexibility index (Phi) is 4.37. The van der Waals surface area contributed by atoms with E-state index in [1.807, 2.05) is 19.1 Å². The Morgan fingerprint density at radius 3 is 2.36 bits per heavy atom. The van der Waals surface area contributed by atoms with Gasteiger partial charge in [0, 0.05) is 5.92 Å². The van der Waals surface area contributed by atoms with Crippen molar-refractivity contribution in [1.82, 2.24) is 0 Å². The molecular weight excluding hydrogens is 341 g/mol. The van der Waals surface area contributed by atoms with Gasteiger partial charge in [-0.25, -0.2) is 17.9 Å². The van der Waals surface area contributed by atoms with E-state index in [1.54, 1.807) is 18.2 Å². The Hall–Kier alpha value is -1.92. The van der Waals surface area contributed by atoms with E-state index in [-0.39, 0.29) is 22.0 Å². The monoisotopic (exact) mass is 363 g/mol. The van der Waals surface area contributed by atoms with Gasteiger partial charge in [-0.3, -0.25) is 0 Å². The Bertz CT molecular complexity index is 891. The number of ether oxygens (including phenoxy) is 1. The minimum atomic E-state index is -3.68. The van der Waals surface area contributed by atoms with Crippen LogP contribution in [-0.2, 0) is 10.0 Å². The summed E-state index contributed by atoms with van der Waals surface area (Å²) in [4.78, 5) is 0.115. The molecule has 2 atom stereocenters. The number of rotatable bonds is 5. The second kappa shape index (κ2) is 6.11. The lowest BCUT2D eigenvalue weighted by Gasteiger charge is -2.09. The SMILES string of the molecule is Cc1cc(F)ccc1OC[C@@H]1[C@@H](c2ccc(S(N)(=O)=O)cc2)C1(C)C. The van der Waals surface area contributed by atoms with Gasteiger partial charge in [0.05, 0.1) is 11.5 Å². The minimum Gasteiger partial charge on any atom is -0.493 e. The van der Waals surface area contributed by atoms with Crippen molar-refractivity contribution in [3.63, 3.8) is 0 Å². The van der Waals surface area contributed by atoms with Gasteiger partial charge in [-0.1, -0.05) is 26.0 Å². The molecule has 6 heteroatoms. The standard InChI is InChI=1S/C19H22FNO3S/c1-12-10-14(20)6-9-17(12)24-11-16-18(19(16,2)3)13-4-7-15(8-5-13)25(21,22)23/h4-10,16,18H,11H2,1-3H3,(H2,21,22,23)/t16-,18-/m1/s1. The summed E-state index contributed by atoms with van der Waals surface area (Å²) in [5.74, 6) is 0.997. The molecule has 0 heterocycles. The van der Waals surface area contributed by atoms with Crippen molar-refractivity contribution in [2.75, 3.05) is 6.61 Å². The third-order valence-corrected chi connectivity index (χ3v) is 6.10. The molecule has 25 heavy (non-hydrogen) atoms. The Labute approximate surface area is 147 Å². The maximum atomic E-state index is 13.2. The third kappa shape index (κ3) is 3.55. The smallest absolute Gasteiger partial charge is 0.238 e. The number of halogens is 1. The number of nitrogens with two attached hydrogens (primary N) is 1. The lowest BCUT2D eigenvalue weighted by atomic mass is 10.0.